The maximum atomic E-state index is 10.6. The number of nitro groups is 2. The molecular formula is C6H4N2O4S. The quantitative estimate of drug-likeness (QED) is 0.374. The molecule has 68 valence electrons. The minimum Gasteiger partial charge on any atom is -0.263 e. The van der Waals surface area contributed by atoms with Gasteiger partial charge in [0.15, 0.2) is 0 Å². The van der Waals surface area contributed by atoms with E-state index in [4.69, 9.17) is 0 Å². The van der Waals surface area contributed by atoms with Crippen LogP contribution < -0.4 is 0 Å². The van der Waals surface area contributed by atoms with Gasteiger partial charge in [0.2, 0.25) is 0 Å². The van der Waals surface area contributed by atoms with Gasteiger partial charge in [0.1, 0.15) is 5.25 Å². The SMILES string of the molecule is O=[N+]([O-])C1=CC2([N+](=O)[O-])SC2C=C1. The summed E-state index contributed by atoms with van der Waals surface area (Å²) in [6, 6.07) is 0. The lowest BCUT2D eigenvalue weighted by Gasteiger charge is -2.02. The van der Waals surface area contributed by atoms with Gasteiger partial charge in [-0.15, -0.1) is 0 Å². The lowest BCUT2D eigenvalue weighted by molar-refractivity contribution is -0.514. The summed E-state index contributed by atoms with van der Waals surface area (Å²) in [4.78, 5) is 18.6. The second-order valence-corrected chi connectivity index (χ2v) is 4.13. The lowest BCUT2D eigenvalue weighted by atomic mass is 10.1. The van der Waals surface area contributed by atoms with E-state index >= 15 is 0 Å². The number of fused-ring (bicyclic) bond motifs is 1. The Morgan fingerprint density at radius 2 is 2.15 bits per heavy atom. The molecule has 0 saturated carbocycles. The van der Waals surface area contributed by atoms with Crippen LogP contribution in [0.5, 0.6) is 0 Å². The summed E-state index contributed by atoms with van der Waals surface area (Å²) in [5.41, 5.74) is -0.196. The summed E-state index contributed by atoms with van der Waals surface area (Å²) >= 11 is 1.11. The Labute approximate surface area is 76.6 Å². The molecule has 1 saturated heterocycles. The van der Waals surface area contributed by atoms with Crippen molar-refractivity contribution in [3.05, 3.63) is 44.2 Å². The predicted octanol–water partition coefficient (Wildman–Crippen LogP) is 0.805. The summed E-state index contributed by atoms with van der Waals surface area (Å²) < 4.78 is 0. The first-order valence-corrected chi connectivity index (χ1v) is 4.32. The molecule has 0 spiro atoms. The fourth-order valence-corrected chi connectivity index (χ4v) is 2.23. The molecule has 1 aliphatic heterocycles. The van der Waals surface area contributed by atoms with Gasteiger partial charge in [0.05, 0.1) is 11.0 Å². The summed E-state index contributed by atoms with van der Waals surface area (Å²) in [6.45, 7) is 0. The molecule has 6 nitrogen and oxygen atoms in total. The fourth-order valence-electron chi connectivity index (χ4n) is 1.22. The molecule has 2 aliphatic rings. The Morgan fingerprint density at radius 3 is 2.69 bits per heavy atom. The van der Waals surface area contributed by atoms with Gasteiger partial charge in [-0.2, -0.15) is 0 Å². The monoisotopic (exact) mass is 200 g/mol. The summed E-state index contributed by atoms with van der Waals surface area (Å²) in [7, 11) is 0. The number of hydrogen-bond acceptors (Lipinski definition) is 5. The zero-order valence-electron chi connectivity index (χ0n) is 6.25. The zero-order valence-corrected chi connectivity index (χ0v) is 7.06. The Hall–Kier alpha value is -1.37. The van der Waals surface area contributed by atoms with Crippen LogP contribution >= 0.6 is 11.8 Å². The summed E-state index contributed by atoms with van der Waals surface area (Å²) in [6.07, 6.45) is 3.93. The van der Waals surface area contributed by atoms with Gasteiger partial charge in [-0.1, -0.05) is 17.8 Å². The van der Waals surface area contributed by atoms with E-state index in [1.807, 2.05) is 0 Å². The van der Waals surface area contributed by atoms with Crippen molar-refractivity contribution in [2.45, 2.75) is 10.1 Å². The first-order chi connectivity index (χ1) is 6.06. The number of hydrogen-bond donors (Lipinski definition) is 0. The van der Waals surface area contributed by atoms with Crippen molar-refractivity contribution >= 4 is 11.8 Å². The lowest BCUT2D eigenvalue weighted by Crippen LogP contribution is -2.25. The molecule has 2 unspecified atom stereocenters. The standard InChI is InChI=1S/C6H4N2O4S/c9-7(10)4-1-2-5-6(3-4,13-5)8(11)12/h1-3,5H. The average Bonchev–Trinajstić information content (AvgIpc) is 2.77. The average molecular weight is 200 g/mol. The fraction of sp³-hybridized carbons (Fsp3) is 0.333. The van der Waals surface area contributed by atoms with Crippen LogP contribution in [0.2, 0.25) is 0 Å². The van der Waals surface area contributed by atoms with Gasteiger partial charge in [-0.05, 0) is 0 Å². The molecule has 7 heteroatoms. The molecule has 0 aromatic rings. The molecule has 0 N–H and O–H groups in total. The molecule has 0 aromatic heterocycles. The van der Waals surface area contributed by atoms with Crippen molar-refractivity contribution in [1.82, 2.24) is 0 Å². The van der Waals surface area contributed by atoms with Gasteiger partial charge < -0.3 is 0 Å². The minimum atomic E-state index is -1.25. The van der Waals surface area contributed by atoms with Crippen LogP contribution in [0.3, 0.4) is 0 Å². The van der Waals surface area contributed by atoms with E-state index in [0.29, 0.717) is 0 Å². The number of nitrogens with zero attached hydrogens (tertiary/aromatic N) is 2. The largest absolute Gasteiger partial charge is 0.308 e. The molecule has 1 heterocycles. The van der Waals surface area contributed by atoms with Crippen molar-refractivity contribution < 1.29 is 9.85 Å². The van der Waals surface area contributed by atoms with Crippen LogP contribution in [0.1, 0.15) is 0 Å². The van der Waals surface area contributed by atoms with Gasteiger partial charge in [-0.3, -0.25) is 20.2 Å². The third kappa shape index (κ3) is 1.04. The summed E-state index contributed by atoms with van der Waals surface area (Å²) in [5, 5.41) is 20.7. The highest BCUT2D eigenvalue weighted by Gasteiger charge is 2.67. The predicted molar refractivity (Wildman–Crippen MR) is 45.3 cm³/mol. The van der Waals surface area contributed by atoms with E-state index < -0.39 is 14.7 Å². The van der Waals surface area contributed by atoms with E-state index in [0.717, 1.165) is 17.8 Å². The molecular weight excluding hydrogens is 196 g/mol. The number of allylic oxidation sites excluding steroid dienone is 1. The zero-order chi connectivity index (χ0) is 9.64. The molecule has 0 amide bonds. The Morgan fingerprint density at radius 1 is 1.46 bits per heavy atom. The molecule has 0 aromatic carbocycles. The summed E-state index contributed by atoms with van der Waals surface area (Å²) in [5.74, 6) is 0. The molecule has 0 radical (unpaired) electrons. The van der Waals surface area contributed by atoms with Crippen molar-refractivity contribution in [2.75, 3.05) is 0 Å². The van der Waals surface area contributed by atoms with Crippen LogP contribution in [0, 0.1) is 20.2 Å². The molecule has 2 atom stereocenters. The second-order valence-electron chi connectivity index (χ2n) is 2.73. The van der Waals surface area contributed by atoms with Gasteiger partial charge in [0.25, 0.3) is 5.70 Å². The molecule has 0 bridgehead atoms. The highest BCUT2D eigenvalue weighted by Crippen LogP contribution is 2.57. The van der Waals surface area contributed by atoms with E-state index in [1.54, 1.807) is 0 Å². The van der Waals surface area contributed by atoms with Crippen LogP contribution in [-0.2, 0) is 0 Å². The van der Waals surface area contributed by atoms with Gasteiger partial charge >= 0.3 is 4.87 Å². The third-order valence-electron chi connectivity index (χ3n) is 1.96. The molecule has 13 heavy (non-hydrogen) atoms. The van der Waals surface area contributed by atoms with Crippen molar-refractivity contribution in [3.63, 3.8) is 0 Å². The van der Waals surface area contributed by atoms with Crippen LogP contribution in [0.25, 0.3) is 0 Å². The topological polar surface area (TPSA) is 86.3 Å². The Bertz CT molecular complexity index is 364. The first-order valence-electron chi connectivity index (χ1n) is 3.44. The smallest absolute Gasteiger partial charge is 0.263 e. The first kappa shape index (κ1) is 8.24. The van der Waals surface area contributed by atoms with Crippen LogP contribution in [0.4, 0.5) is 0 Å². The van der Waals surface area contributed by atoms with Gasteiger partial charge in [-0.25, -0.2) is 0 Å². The number of rotatable bonds is 2. The Balaban J connectivity index is 2.36. The van der Waals surface area contributed by atoms with Crippen molar-refractivity contribution in [3.8, 4) is 0 Å². The Kier molecular flexibility index (Phi) is 1.47. The second kappa shape index (κ2) is 2.32. The molecule has 1 aliphatic carbocycles. The third-order valence-corrected chi connectivity index (χ3v) is 3.37. The minimum absolute atomic E-state index is 0.196. The number of thioether (sulfide) groups is 1. The van der Waals surface area contributed by atoms with E-state index in [-0.39, 0.29) is 10.9 Å². The van der Waals surface area contributed by atoms with Crippen molar-refractivity contribution in [1.29, 1.82) is 0 Å². The van der Waals surface area contributed by atoms with Crippen LogP contribution in [0.15, 0.2) is 23.9 Å². The van der Waals surface area contributed by atoms with Gasteiger partial charge in [0, 0.05) is 11.0 Å². The highest BCUT2D eigenvalue weighted by atomic mass is 32.2. The maximum Gasteiger partial charge on any atom is 0.308 e. The highest BCUT2D eigenvalue weighted by molar-refractivity contribution is 8.08. The van der Waals surface area contributed by atoms with E-state index in [9.17, 15) is 20.2 Å². The maximum absolute atomic E-state index is 10.6. The van der Waals surface area contributed by atoms with Crippen LogP contribution in [-0.4, -0.2) is 20.0 Å². The normalized spacial score (nSPS) is 34.8. The van der Waals surface area contributed by atoms with Crippen molar-refractivity contribution in [2.24, 2.45) is 0 Å². The molecule has 1 fully saturated rings. The molecule has 2 rings (SSSR count). The van der Waals surface area contributed by atoms with E-state index in [1.165, 1.54) is 12.2 Å². The van der Waals surface area contributed by atoms with E-state index in [2.05, 4.69) is 0 Å².